The summed E-state index contributed by atoms with van der Waals surface area (Å²) in [4.78, 5) is 0.721. The van der Waals surface area contributed by atoms with E-state index in [1.54, 1.807) is 0 Å². The van der Waals surface area contributed by atoms with Gasteiger partial charge in [0.15, 0.2) is 0 Å². The van der Waals surface area contributed by atoms with Gasteiger partial charge >= 0.3 is 0 Å². The van der Waals surface area contributed by atoms with E-state index in [0.717, 1.165) is 10.7 Å². The molecule has 1 rings (SSSR count). The third kappa shape index (κ3) is 2.77. The number of hydrogen-bond acceptors (Lipinski definition) is 0. The van der Waals surface area contributed by atoms with Gasteiger partial charge in [-0.05, 0) is 37.0 Å². The van der Waals surface area contributed by atoms with Crippen LogP contribution in [0.2, 0.25) is 0 Å². The zero-order chi connectivity index (χ0) is 8.48. The zero-order valence-corrected chi connectivity index (χ0v) is 9.45. The summed E-state index contributed by atoms with van der Waals surface area (Å²) in [6.45, 7) is 7.06. The van der Waals surface area contributed by atoms with Gasteiger partial charge in [0.05, 0.1) is 0 Å². The molecular weight excluding hydrogens is 200 g/mol. The van der Waals surface area contributed by atoms with Crippen LogP contribution >= 0.6 is 15.9 Å². The van der Waals surface area contributed by atoms with Gasteiger partial charge in [0.25, 0.3) is 0 Å². The third-order valence-corrected chi connectivity index (χ3v) is 3.78. The van der Waals surface area contributed by atoms with E-state index in [-0.39, 0.29) is 0 Å². The summed E-state index contributed by atoms with van der Waals surface area (Å²) >= 11 is 3.67. The Morgan fingerprint density at radius 1 is 1.27 bits per heavy atom. The molecule has 0 aromatic heterocycles. The fraction of sp³-hybridized carbons (Fsp3) is 1.00. The minimum atomic E-state index is 0.623. The molecule has 0 nitrogen and oxygen atoms in total. The predicted octanol–water partition coefficient (Wildman–Crippen LogP) is 3.99. The zero-order valence-electron chi connectivity index (χ0n) is 7.86. The molecule has 1 aliphatic rings. The van der Waals surface area contributed by atoms with Crippen LogP contribution in [-0.4, -0.2) is 4.83 Å². The third-order valence-electron chi connectivity index (χ3n) is 3.03. The summed E-state index contributed by atoms with van der Waals surface area (Å²) < 4.78 is 0. The first-order valence-corrected chi connectivity index (χ1v) is 5.57. The molecule has 0 N–H and O–H groups in total. The number of halogens is 1. The van der Waals surface area contributed by atoms with Crippen molar-refractivity contribution in [2.75, 3.05) is 0 Å². The maximum atomic E-state index is 3.67. The minimum Gasteiger partial charge on any atom is -0.0891 e. The van der Waals surface area contributed by atoms with E-state index in [1.165, 1.54) is 25.7 Å². The summed E-state index contributed by atoms with van der Waals surface area (Å²) in [6.07, 6.45) is 5.65. The molecule has 0 aromatic carbocycles. The number of alkyl halides is 1. The van der Waals surface area contributed by atoms with Crippen molar-refractivity contribution in [3.63, 3.8) is 0 Å². The van der Waals surface area contributed by atoms with Crippen molar-refractivity contribution in [3.8, 4) is 0 Å². The van der Waals surface area contributed by atoms with Crippen molar-refractivity contribution < 1.29 is 0 Å². The molecule has 0 saturated heterocycles. The van der Waals surface area contributed by atoms with Crippen LogP contribution in [0.15, 0.2) is 0 Å². The second-order valence-corrected chi connectivity index (χ2v) is 6.12. The van der Waals surface area contributed by atoms with Gasteiger partial charge in [-0.1, -0.05) is 36.7 Å². The SMILES string of the molecule is C[C@@H](Br)C1CCC(C)(C)CC1. The molecule has 0 aromatic rings. The van der Waals surface area contributed by atoms with Gasteiger partial charge in [0.1, 0.15) is 0 Å². The lowest BCUT2D eigenvalue weighted by atomic mass is 9.72. The standard InChI is InChI=1S/C10H19Br/c1-8(11)9-4-6-10(2,3)7-5-9/h8-9H,4-7H2,1-3H3/t8-/m1/s1. The normalized spacial score (nSPS) is 28.4. The van der Waals surface area contributed by atoms with Crippen LogP contribution in [0.5, 0.6) is 0 Å². The van der Waals surface area contributed by atoms with Crippen molar-refractivity contribution in [1.82, 2.24) is 0 Å². The van der Waals surface area contributed by atoms with Crippen molar-refractivity contribution >= 4 is 15.9 Å². The molecule has 1 saturated carbocycles. The Bertz CT molecular complexity index is 117. The second kappa shape index (κ2) is 3.47. The molecule has 1 aliphatic carbocycles. The predicted molar refractivity (Wildman–Crippen MR) is 54.1 cm³/mol. The lowest BCUT2D eigenvalue weighted by Gasteiger charge is -2.35. The van der Waals surface area contributed by atoms with Crippen molar-refractivity contribution in [1.29, 1.82) is 0 Å². The van der Waals surface area contributed by atoms with Gasteiger partial charge in [0.2, 0.25) is 0 Å². The van der Waals surface area contributed by atoms with Crippen LogP contribution in [0.3, 0.4) is 0 Å². The minimum absolute atomic E-state index is 0.623. The molecule has 1 heteroatoms. The largest absolute Gasteiger partial charge is 0.0891 e. The van der Waals surface area contributed by atoms with Gasteiger partial charge in [-0.15, -0.1) is 0 Å². The monoisotopic (exact) mass is 218 g/mol. The van der Waals surface area contributed by atoms with Crippen LogP contribution in [-0.2, 0) is 0 Å². The van der Waals surface area contributed by atoms with E-state index < -0.39 is 0 Å². The van der Waals surface area contributed by atoms with Gasteiger partial charge < -0.3 is 0 Å². The maximum absolute atomic E-state index is 3.67. The summed E-state index contributed by atoms with van der Waals surface area (Å²) in [6, 6.07) is 0. The van der Waals surface area contributed by atoms with Gasteiger partial charge in [-0.25, -0.2) is 0 Å². The van der Waals surface area contributed by atoms with Crippen LogP contribution in [0.1, 0.15) is 46.5 Å². The Morgan fingerprint density at radius 3 is 2.09 bits per heavy atom. The average molecular weight is 219 g/mol. The molecule has 1 fully saturated rings. The van der Waals surface area contributed by atoms with Crippen LogP contribution in [0.4, 0.5) is 0 Å². The molecule has 0 aliphatic heterocycles. The van der Waals surface area contributed by atoms with Crippen LogP contribution in [0, 0.1) is 11.3 Å². The van der Waals surface area contributed by atoms with Crippen molar-refractivity contribution in [3.05, 3.63) is 0 Å². The lowest BCUT2D eigenvalue weighted by Crippen LogP contribution is -2.24. The fourth-order valence-electron chi connectivity index (χ4n) is 1.88. The average Bonchev–Trinajstić information content (AvgIpc) is 1.86. The first-order chi connectivity index (χ1) is 5.01. The van der Waals surface area contributed by atoms with Gasteiger partial charge in [-0.3, -0.25) is 0 Å². The Hall–Kier alpha value is 0.480. The molecular formula is C10H19Br. The maximum Gasteiger partial charge on any atom is 0.0145 e. The molecule has 0 spiro atoms. The molecule has 0 bridgehead atoms. The summed E-state index contributed by atoms with van der Waals surface area (Å²) in [7, 11) is 0. The molecule has 0 radical (unpaired) electrons. The Morgan fingerprint density at radius 2 is 1.73 bits per heavy atom. The van der Waals surface area contributed by atoms with E-state index in [2.05, 4.69) is 36.7 Å². The summed E-state index contributed by atoms with van der Waals surface area (Å²) in [5.74, 6) is 0.933. The first kappa shape index (κ1) is 9.57. The molecule has 66 valence electrons. The first-order valence-electron chi connectivity index (χ1n) is 4.65. The van der Waals surface area contributed by atoms with Crippen molar-refractivity contribution in [2.45, 2.75) is 51.3 Å². The Balaban J connectivity index is 2.36. The Labute approximate surface area is 78.9 Å². The number of rotatable bonds is 1. The highest BCUT2D eigenvalue weighted by Crippen LogP contribution is 2.40. The topological polar surface area (TPSA) is 0 Å². The van der Waals surface area contributed by atoms with E-state index in [4.69, 9.17) is 0 Å². The van der Waals surface area contributed by atoms with E-state index in [9.17, 15) is 0 Å². The van der Waals surface area contributed by atoms with Crippen LogP contribution in [0.25, 0.3) is 0 Å². The van der Waals surface area contributed by atoms with Crippen molar-refractivity contribution in [2.24, 2.45) is 11.3 Å². The summed E-state index contributed by atoms with van der Waals surface area (Å²) in [5.41, 5.74) is 0.623. The van der Waals surface area contributed by atoms with Gasteiger partial charge in [0, 0.05) is 4.83 Å². The highest BCUT2D eigenvalue weighted by atomic mass is 79.9. The molecule has 0 amide bonds. The smallest absolute Gasteiger partial charge is 0.0145 e. The lowest BCUT2D eigenvalue weighted by molar-refractivity contribution is 0.192. The van der Waals surface area contributed by atoms with Crippen LogP contribution < -0.4 is 0 Å². The van der Waals surface area contributed by atoms with Gasteiger partial charge in [-0.2, -0.15) is 0 Å². The highest BCUT2D eigenvalue weighted by Gasteiger charge is 2.28. The fourth-order valence-corrected chi connectivity index (χ4v) is 2.41. The molecule has 0 unspecified atom stereocenters. The Kier molecular flexibility index (Phi) is 3.02. The van der Waals surface area contributed by atoms with E-state index >= 15 is 0 Å². The second-order valence-electron chi connectivity index (χ2n) is 4.68. The highest BCUT2D eigenvalue weighted by molar-refractivity contribution is 9.09. The van der Waals surface area contributed by atoms with E-state index in [1.807, 2.05) is 0 Å². The quantitative estimate of drug-likeness (QED) is 0.585. The molecule has 11 heavy (non-hydrogen) atoms. The summed E-state index contributed by atoms with van der Waals surface area (Å²) in [5, 5.41) is 0. The molecule has 1 atom stereocenters. The van der Waals surface area contributed by atoms with E-state index in [0.29, 0.717) is 5.41 Å². The molecule has 0 heterocycles. The number of hydrogen-bond donors (Lipinski definition) is 0.